The molecule has 2 aromatic carbocycles. The fraction of sp³-hybridized carbons (Fsp3) is 0.0667. The molecule has 0 unspecified atom stereocenters. The molecular weight excluding hydrogens is 295 g/mol. The van der Waals surface area contributed by atoms with Crippen molar-refractivity contribution in [3.63, 3.8) is 0 Å². The zero-order valence-electron chi connectivity index (χ0n) is 11.0. The van der Waals surface area contributed by atoms with E-state index in [4.69, 9.17) is 11.6 Å². The summed E-state index contributed by atoms with van der Waals surface area (Å²) in [6, 6.07) is 9.01. The Kier molecular flexibility index (Phi) is 3.14. The molecule has 1 aromatic heterocycles. The van der Waals surface area contributed by atoms with Gasteiger partial charge in [-0.3, -0.25) is 4.57 Å². The molecule has 0 aliphatic rings. The van der Waals surface area contributed by atoms with Crippen LogP contribution in [0.4, 0.5) is 4.39 Å². The summed E-state index contributed by atoms with van der Waals surface area (Å²) in [6.07, 6.45) is 0. The van der Waals surface area contributed by atoms with Gasteiger partial charge in [0.25, 0.3) is 0 Å². The van der Waals surface area contributed by atoms with Crippen molar-refractivity contribution in [1.29, 1.82) is 0 Å². The van der Waals surface area contributed by atoms with E-state index >= 15 is 0 Å². The molecular formula is C15H10ClFN2O2. The van der Waals surface area contributed by atoms with Crippen LogP contribution < -0.4 is 0 Å². The molecule has 0 radical (unpaired) electrons. The van der Waals surface area contributed by atoms with E-state index in [1.165, 1.54) is 22.8 Å². The number of rotatable bonds is 2. The number of carboxylic acids is 1. The number of hydrogen-bond acceptors (Lipinski definition) is 2. The van der Waals surface area contributed by atoms with E-state index in [0.717, 1.165) is 0 Å². The second kappa shape index (κ2) is 4.86. The Labute approximate surface area is 124 Å². The molecule has 3 rings (SSSR count). The number of imidazole rings is 1. The number of carboxylic acid groups (broad SMARTS) is 1. The van der Waals surface area contributed by atoms with Gasteiger partial charge in [-0.2, -0.15) is 0 Å². The molecule has 0 fully saturated rings. The summed E-state index contributed by atoms with van der Waals surface area (Å²) >= 11 is 5.76. The first-order valence-corrected chi connectivity index (χ1v) is 6.53. The molecule has 0 amide bonds. The summed E-state index contributed by atoms with van der Waals surface area (Å²) in [5.41, 5.74) is 1.15. The van der Waals surface area contributed by atoms with Crippen molar-refractivity contribution in [2.45, 2.75) is 6.92 Å². The number of hydrogen-bond donors (Lipinski definition) is 1. The predicted molar refractivity (Wildman–Crippen MR) is 77.7 cm³/mol. The average Bonchev–Trinajstić information content (AvgIpc) is 2.74. The van der Waals surface area contributed by atoms with Crippen LogP contribution in [0.25, 0.3) is 16.7 Å². The summed E-state index contributed by atoms with van der Waals surface area (Å²) in [6.45, 7) is 1.69. The van der Waals surface area contributed by atoms with Gasteiger partial charge in [-0.25, -0.2) is 14.2 Å². The smallest absolute Gasteiger partial charge is 0.337 e. The van der Waals surface area contributed by atoms with Gasteiger partial charge in [0.15, 0.2) is 0 Å². The van der Waals surface area contributed by atoms with Crippen molar-refractivity contribution in [3.8, 4) is 5.69 Å². The number of carbonyl (C=O) groups is 1. The molecule has 21 heavy (non-hydrogen) atoms. The molecule has 4 nitrogen and oxygen atoms in total. The summed E-state index contributed by atoms with van der Waals surface area (Å²) in [5, 5.41) is 9.60. The van der Waals surface area contributed by atoms with Gasteiger partial charge in [-0.1, -0.05) is 17.7 Å². The summed E-state index contributed by atoms with van der Waals surface area (Å²) < 4.78 is 15.7. The minimum atomic E-state index is -1.09. The summed E-state index contributed by atoms with van der Waals surface area (Å²) in [7, 11) is 0. The molecule has 0 aliphatic carbocycles. The van der Waals surface area contributed by atoms with E-state index in [9.17, 15) is 14.3 Å². The molecule has 6 heteroatoms. The SMILES string of the molecule is Cc1nc2cccc(C(=O)O)c2n1-c1ccc(Cl)cc1F. The first-order chi connectivity index (χ1) is 9.99. The lowest BCUT2D eigenvalue weighted by atomic mass is 10.1. The molecule has 0 spiro atoms. The largest absolute Gasteiger partial charge is 0.478 e. The monoisotopic (exact) mass is 304 g/mol. The highest BCUT2D eigenvalue weighted by molar-refractivity contribution is 6.30. The fourth-order valence-corrected chi connectivity index (χ4v) is 2.53. The molecule has 3 aromatic rings. The second-order valence-electron chi connectivity index (χ2n) is 4.57. The van der Waals surface area contributed by atoms with Crippen molar-refractivity contribution < 1.29 is 14.3 Å². The van der Waals surface area contributed by atoms with E-state index in [2.05, 4.69) is 4.98 Å². The van der Waals surface area contributed by atoms with E-state index in [0.29, 0.717) is 16.9 Å². The van der Waals surface area contributed by atoms with E-state index in [1.54, 1.807) is 25.1 Å². The van der Waals surface area contributed by atoms with E-state index in [-0.39, 0.29) is 16.3 Å². The van der Waals surface area contributed by atoms with Crippen molar-refractivity contribution in [1.82, 2.24) is 9.55 Å². The average molecular weight is 305 g/mol. The van der Waals surface area contributed by atoms with Crippen LogP contribution >= 0.6 is 11.6 Å². The maximum Gasteiger partial charge on any atom is 0.337 e. The van der Waals surface area contributed by atoms with Crippen LogP contribution in [0.2, 0.25) is 5.02 Å². The van der Waals surface area contributed by atoms with Crippen LogP contribution in [-0.4, -0.2) is 20.6 Å². The van der Waals surface area contributed by atoms with Crippen LogP contribution in [0.15, 0.2) is 36.4 Å². The second-order valence-corrected chi connectivity index (χ2v) is 5.01. The zero-order chi connectivity index (χ0) is 15.1. The number of aryl methyl sites for hydroxylation is 1. The van der Waals surface area contributed by atoms with Gasteiger partial charge in [-0.05, 0) is 37.3 Å². The van der Waals surface area contributed by atoms with Crippen LogP contribution in [0.3, 0.4) is 0 Å². The number of fused-ring (bicyclic) bond motifs is 1. The lowest BCUT2D eigenvalue weighted by molar-refractivity contribution is 0.0698. The third-order valence-electron chi connectivity index (χ3n) is 3.23. The number of halogens is 2. The third kappa shape index (κ3) is 2.15. The maximum atomic E-state index is 14.2. The van der Waals surface area contributed by atoms with Gasteiger partial charge >= 0.3 is 5.97 Å². The van der Waals surface area contributed by atoms with E-state index < -0.39 is 11.8 Å². The molecule has 0 saturated carbocycles. The minimum Gasteiger partial charge on any atom is -0.478 e. The highest BCUT2D eigenvalue weighted by Crippen LogP contribution is 2.27. The van der Waals surface area contributed by atoms with Gasteiger partial charge in [0.1, 0.15) is 11.6 Å². The van der Waals surface area contributed by atoms with Crippen LogP contribution in [0.1, 0.15) is 16.2 Å². The number of para-hydroxylation sites is 1. The van der Waals surface area contributed by atoms with Crippen molar-refractivity contribution >= 4 is 28.6 Å². The van der Waals surface area contributed by atoms with Crippen LogP contribution in [0.5, 0.6) is 0 Å². The van der Waals surface area contributed by atoms with Gasteiger partial charge < -0.3 is 5.11 Å². The fourth-order valence-electron chi connectivity index (χ4n) is 2.37. The van der Waals surface area contributed by atoms with Gasteiger partial charge in [-0.15, -0.1) is 0 Å². The Morgan fingerprint density at radius 1 is 1.33 bits per heavy atom. The lowest BCUT2D eigenvalue weighted by Crippen LogP contribution is -2.05. The topological polar surface area (TPSA) is 55.1 Å². The molecule has 0 saturated heterocycles. The third-order valence-corrected chi connectivity index (χ3v) is 3.46. The van der Waals surface area contributed by atoms with E-state index in [1.807, 2.05) is 0 Å². The van der Waals surface area contributed by atoms with Crippen molar-refractivity contribution in [2.24, 2.45) is 0 Å². The Bertz CT molecular complexity index is 873. The first-order valence-electron chi connectivity index (χ1n) is 6.16. The number of nitrogens with zero attached hydrogens (tertiary/aromatic N) is 2. The number of benzene rings is 2. The quantitative estimate of drug-likeness (QED) is 0.783. The standard InChI is InChI=1S/C15H10ClFN2O2/c1-8-18-12-4-2-3-10(15(20)21)14(12)19(8)13-6-5-9(16)7-11(13)17/h2-7H,1H3,(H,20,21). The van der Waals surface area contributed by atoms with Gasteiger partial charge in [0.2, 0.25) is 0 Å². The normalized spacial score (nSPS) is 11.0. The zero-order valence-corrected chi connectivity index (χ0v) is 11.7. The predicted octanol–water partition coefficient (Wildman–Crippen LogP) is 3.82. The molecule has 0 aliphatic heterocycles. The Morgan fingerprint density at radius 3 is 2.76 bits per heavy atom. The lowest BCUT2D eigenvalue weighted by Gasteiger charge is -2.10. The Hall–Kier alpha value is -2.40. The number of aromatic carboxylic acids is 1. The maximum absolute atomic E-state index is 14.2. The summed E-state index contributed by atoms with van der Waals surface area (Å²) in [5.74, 6) is -1.12. The Morgan fingerprint density at radius 2 is 2.10 bits per heavy atom. The summed E-state index contributed by atoms with van der Waals surface area (Å²) in [4.78, 5) is 15.7. The van der Waals surface area contributed by atoms with Crippen molar-refractivity contribution in [2.75, 3.05) is 0 Å². The first kappa shape index (κ1) is 13.6. The highest BCUT2D eigenvalue weighted by Gasteiger charge is 2.18. The minimum absolute atomic E-state index is 0.0717. The molecule has 0 bridgehead atoms. The van der Waals surface area contributed by atoms with Crippen molar-refractivity contribution in [3.05, 3.63) is 58.6 Å². The van der Waals surface area contributed by atoms with Gasteiger partial charge in [0, 0.05) is 5.02 Å². The number of aromatic nitrogens is 2. The Balaban J connectivity index is 2.41. The van der Waals surface area contributed by atoms with Crippen LogP contribution in [-0.2, 0) is 0 Å². The molecule has 1 heterocycles. The molecule has 0 atom stereocenters. The van der Waals surface area contributed by atoms with Crippen LogP contribution in [0, 0.1) is 12.7 Å². The molecule has 106 valence electrons. The van der Waals surface area contributed by atoms with Gasteiger partial charge in [0.05, 0.1) is 22.3 Å². The molecule has 1 N–H and O–H groups in total. The highest BCUT2D eigenvalue weighted by atomic mass is 35.5.